The number of rotatable bonds is 5. The second-order valence-corrected chi connectivity index (χ2v) is 7.43. The smallest absolute Gasteiger partial charge is 0.361 e. The number of nitrogens with zero attached hydrogens (tertiary/aromatic N) is 4. The Morgan fingerprint density at radius 3 is 2.63 bits per heavy atom. The molecule has 3 heterocycles. The van der Waals surface area contributed by atoms with E-state index in [0.717, 1.165) is 27.0 Å². The quantitative estimate of drug-likeness (QED) is 0.338. The molecular formula is C22H17FN5OS+. The third-order valence-electron chi connectivity index (χ3n) is 4.70. The number of nitrogens with one attached hydrogen (secondary N) is 1. The van der Waals surface area contributed by atoms with Crippen molar-refractivity contribution in [3.8, 4) is 11.6 Å². The fourth-order valence-corrected chi connectivity index (χ4v) is 3.98. The lowest BCUT2D eigenvalue weighted by Crippen LogP contribution is -2.26. The SMILES string of the molecule is COc1c2cc(NSc3cccnc3)c3ccccc3[n+]2nn1-c1ccc(F)cc1. The van der Waals surface area contributed by atoms with Gasteiger partial charge in [0.1, 0.15) is 11.0 Å². The van der Waals surface area contributed by atoms with E-state index in [9.17, 15) is 4.39 Å². The van der Waals surface area contributed by atoms with Crippen molar-refractivity contribution in [1.82, 2.24) is 14.9 Å². The maximum absolute atomic E-state index is 13.4. The molecule has 0 saturated heterocycles. The van der Waals surface area contributed by atoms with Gasteiger partial charge in [-0.15, -0.1) is 0 Å². The van der Waals surface area contributed by atoms with Crippen molar-refractivity contribution in [3.63, 3.8) is 0 Å². The molecule has 0 atom stereocenters. The van der Waals surface area contributed by atoms with Gasteiger partial charge in [0.25, 0.3) is 0 Å². The average Bonchev–Trinajstić information content (AvgIpc) is 3.17. The molecule has 3 aromatic heterocycles. The molecule has 0 amide bonds. The van der Waals surface area contributed by atoms with E-state index in [1.165, 1.54) is 24.1 Å². The first kappa shape index (κ1) is 18.4. The van der Waals surface area contributed by atoms with Gasteiger partial charge in [-0.1, -0.05) is 21.3 Å². The van der Waals surface area contributed by atoms with Gasteiger partial charge in [-0.25, -0.2) is 4.39 Å². The number of halogens is 1. The van der Waals surface area contributed by atoms with Crippen LogP contribution >= 0.6 is 11.9 Å². The van der Waals surface area contributed by atoms with Gasteiger partial charge in [0.15, 0.2) is 11.2 Å². The van der Waals surface area contributed by atoms with E-state index in [0.29, 0.717) is 11.6 Å². The Labute approximate surface area is 176 Å². The number of benzene rings is 2. The Morgan fingerprint density at radius 2 is 1.87 bits per heavy atom. The van der Waals surface area contributed by atoms with Crippen molar-refractivity contribution in [2.45, 2.75) is 4.90 Å². The zero-order valence-corrected chi connectivity index (χ0v) is 16.8. The Balaban J connectivity index is 1.68. The van der Waals surface area contributed by atoms with Gasteiger partial charge in [-0.3, -0.25) is 4.98 Å². The van der Waals surface area contributed by atoms with Crippen LogP contribution in [-0.4, -0.2) is 22.0 Å². The number of ether oxygens (including phenoxy) is 1. The van der Waals surface area contributed by atoms with Gasteiger partial charge < -0.3 is 9.46 Å². The number of anilines is 1. The zero-order chi connectivity index (χ0) is 20.5. The topological polar surface area (TPSA) is 56.1 Å². The summed E-state index contributed by atoms with van der Waals surface area (Å²) in [6.07, 6.45) is 3.55. The van der Waals surface area contributed by atoms with Crippen LogP contribution in [0.4, 0.5) is 10.1 Å². The number of aromatic nitrogens is 4. The second-order valence-electron chi connectivity index (χ2n) is 6.55. The van der Waals surface area contributed by atoms with Crippen LogP contribution < -0.4 is 14.0 Å². The normalized spacial score (nSPS) is 11.1. The molecule has 8 heteroatoms. The van der Waals surface area contributed by atoms with E-state index in [4.69, 9.17) is 9.95 Å². The monoisotopic (exact) mass is 418 g/mol. The number of fused-ring (bicyclic) bond motifs is 3. The van der Waals surface area contributed by atoms with Gasteiger partial charge >= 0.3 is 5.88 Å². The summed E-state index contributed by atoms with van der Waals surface area (Å²) in [6, 6.07) is 20.0. The van der Waals surface area contributed by atoms with Crippen molar-refractivity contribution in [3.05, 3.63) is 84.9 Å². The summed E-state index contributed by atoms with van der Waals surface area (Å²) >= 11 is 1.48. The molecule has 0 aliphatic heterocycles. The molecule has 0 radical (unpaired) electrons. The average molecular weight is 418 g/mol. The summed E-state index contributed by atoms with van der Waals surface area (Å²) in [5.74, 6) is 0.258. The van der Waals surface area contributed by atoms with Crippen LogP contribution in [0, 0.1) is 5.82 Å². The number of para-hydroxylation sites is 1. The molecule has 0 aliphatic carbocycles. The van der Waals surface area contributed by atoms with Crippen LogP contribution in [0.15, 0.2) is 84.0 Å². The molecule has 2 aromatic carbocycles. The Hall–Kier alpha value is -3.65. The van der Waals surface area contributed by atoms with Gasteiger partial charge in [0.05, 0.1) is 12.8 Å². The van der Waals surface area contributed by atoms with Crippen molar-refractivity contribution >= 4 is 34.1 Å². The fraction of sp³-hybridized carbons (Fsp3) is 0.0455. The van der Waals surface area contributed by atoms with E-state index in [1.54, 1.807) is 36.3 Å². The fourth-order valence-electron chi connectivity index (χ4n) is 3.33. The number of hydrogen-bond acceptors (Lipinski definition) is 5. The highest BCUT2D eigenvalue weighted by atomic mass is 32.2. The standard InChI is InChI=1S/C22H17FN5OS/c1-29-22-21-13-19(25-30-17-5-4-12-24-14-17)18-6-2-3-7-20(18)28(21)26-27(22)16-10-8-15(23)9-11-16/h2-14,25H,1H3/q+1. The largest absolute Gasteiger partial charge is 0.461 e. The molecule has 5 aromatic rings. The minimum absolute atomic E-state index is 0.300. The molecule has 148 valence electrons. The minimum atomic E-state index is -0.300. The molecule has 30 heavy (non-hydrogen) atoms. The first-order valence-corrected chi connectivity index (χ1v) is 10.1. The Kier molecular flexibility index (Phi) is 4.68. The number of methoxy groups -OCH3 is 1. The molecule has 1 N–H and O–H groups in total. The minimum Gasteiger partial charge on any atom is -0.461 e. The molecule has 0 spiro atoms. The molecule has 5 rings (SSSR count). The third-order valence-corrected chi connectivity index (χ3v) is 5.50. The van der Waals surface area contributed by atoms with Crippen molar-refractivity contribution in [2.24, 2.45) is 0 Å². The Morgan fingerprint density at radius 1 is 1.03 bits per heavy atom. The Bertz CT molecular complexity index is 1340. The van der Waals surface area contributed by atoms with E-state index in [-0.39, 0.29) is 5.82 Å². The molecule has 6 nitrogen and oxygen atoms in total. The van der Waals surface area contributed by atoms with Crippen LogP contribution in [0.2, 0.25) is 0 Å². The first-order chi connectivity index (χ1) is 14.7. The number of hydrogen-bond donors (Lipinski definition) is 1. The second kappa shape index (κ2) is 7.64. The van der Waals surface area contributed by atoms with Crippen LogP contribution in [0.3, 0.4) is 0 Å². The lowest BCUT2D eigenvalue weighted by molar-refractivity contribution is -0.555. The van der Waals surface area contributed by atoms with Crippen LogP contribution in [0.5, 0.6) is 5.88 Å². The van der Waals surface area contributed by atoms with E-state index in [1.807, 2.05) is 47.0 Å². The van der Waals surface area contributed by atoms with Crippen LogP contribution in [-0.2, 0) is 0 Å². The van der Waals surface area contributed by atoms with E-state index in [2.05, 4.69) is 9.71 Å². The molecule has 0 bridgehead atoms. The maximum Gasteiger partial charge on any atom is 0.361 e. The van der Waals surface area contributed by atoms with Gasteiger partial charge in [-0.2, -0.15) is 0 Å². The van der Waals surface area contributed by atoms with E-state index < -0.39 is 0 Å². The summed E-state index contributed by atoms with van der Waals surface area (Å²) in [5.41, 5.74) is 3.34. The van der Waals surface area contributed by atoms with Crippen molar-refractivity contribution in [1.29, 1.82) is 0 Å². The molecule has 0 saturated carbocycles. The van der Waals surface area contributed by atoms with Gasteiger partial charge in [0.2, 0.25) is 5.52 Å². The predicted molar refractivity (Wildman–Crippen MR) is 114 cm³/mol. The van der Waals surface area contributed by atoms with Gasteiger partial charge in [-0.05, 0) is 60.5 Å². The highest BCUT2D eigenvalue weighted by Crippen LogP contribution is 2.31. The predicted octanol–water partition coefficient (Wildman–Crippen LogP) is 4.43. The summed E-state index contributed by atoms with van der Waals surface area (Å²) in [5, 5.41) is 5.72. The zero-order valence-electron chi connectivity index (χ0n) is 16.0. The number of pyridine rings is 2. The third kappa shape index (κ3) is 3.21. The first-order valence-electron chi connectivity index (χ1n) is 9.24. The van der Waals surface area contributed by atoms with Crippen LogP contribution in [0.1, 0.15) is 0 Å². The van der Waals surface area contributed by atoms with Crippen molar-refractivity contribution in [2.75, 3.05) is 11.8 Å². The highest BCUT2D eigenvalue weighted by Gasteiger charge is 2.26. The lowest BCUT2D eigenvalue weighted by atomic mass is 10.2. The molecule has 0 unspecified atom stereocenters. The summed E-state index contributed by atoms with van der Waals surface area (Å²) < 4.78 is 26.0. The molecule has 0 aliphatic rings. The summed E-state index contributed by atoms with van der Waals surface area (Å²) in [6.45, 7) is 0. The van der Waals surface area contributed by atoms with Crippen molar-refractivity contribution < 1.29 is 13.6 Å². The highest BCUT2D eigenvalue weighted by molar-refractivity contribution is 8.00. The maximum atomic E-state index is 13.4. The van der Waals surface area contributed by atoms with Gasteiger partial charge in [0, 0.05) is 28.7 Å². The molecule has 0 fully saturated rings. The molecular weight excluding hydrogens is 401 g/mol. The summed E-state index contributed by atoms with van der Waals surface area (Å²) in [4.78, 5) is 5.16. The van der Waals surface area contributed by atoms with E-state index >= 15 is 0 Å². The summed E-state index contributed by atoms with van der Waals surface area (Å²) in [7, 11) is 1.60. The van der Waals surface area contributed by atoms with Crippen LogP contribution in [0.25, 0.3) is 22.1 Å². The lowest BCUT2D eigenvalue weighted by Gasteiger charge is -2.07.